The van der Waals surface area contributed by atoms with E-state index in [4.69, 9.17) is 9.15 Å². The first-order chi connectivity index (χ1) is 13.5. The zero-order valence-corrected chi connectivity index (χ0v) is 16.0. The van der Waals surface area contributed by atoms with Crippen molar-refractivity contribution in [2.45, 2.75) is 18.2 Å². The van der Waals surface area contributed by atoms with E-state index in [1.54, 1.807) is 42.5 Å². The first-order valence-corrected chi connectivity index (χ1v) is 10.3. The fourth-order valence-electron chi connectivity index (χ4n) is 2.41. The van der Waals surface area contributed by atoms with E-state index in [-0.39, 0.29) is 29.0 Å². The van der Waals surface area contributed by atoms with E-state index in [1.807, 2.05) is 6.92 Å². The molecule has 0 aliphatic rings. The summed E-state index contributed by atoms with van der Waals surface area (Å²) in [7, 11) is -3.53. The van der Waals surface area contributed by atoms with Crippen LogP contribution in [0.25, 0.3) is 11.5 Å². The normalized spacial score (nSPS) is 11.2. The van der Waals surface area contributed by atoms with Gasteiger partial charge in [-0.1, -0.05) is 23.3 Å². The lowest BCUT2D eigenvalue weighted by atomic mass is 10.2. The van der Waals surface area contributed by atoms with E-state index < -0.39 is 15.7 Å². The number of anilines is 1. The van der Waals surface area contributed by atoms with Crippen molar-refractivity contribution in [3.8, 4) is 17.2 Å². The van der Waals surface area contributed by atoms with Crippen LogP contribution in [0.5, 0.6) is 5.75 Å². The third-order valence-corrected chi connectivity index (χ3v) is 5.52. The number of hydrogen-bond acceptors (Lipinski definition) is 7. The highest BCUT2D eigenvalue weighted by Crippen LogP contribution is 2.22. The van der Waals surface area contributed by atoms with Crippen LogP contribution < -0.4 is 10.1 Å². The summed E-state index contributed by atoms with van der Waals surface area (Å²) in [6, 6.07) is 15.0. The average Bonchev–Trinajstić information content (AvgIpc) is 3.16. The van der Waals surface area contributed by atoms with Crippen molar-refractivity contribution in [3.05, 3.63) is 54.6 Å². The molecule has 1 heterocycles. The van der Waals surface area contributed by atoms with Crippen molar-refractivity contribution in [1.82, 2.24) is 10.2 Å². The molecule has 2 aromatic carbocycles. The number of benzene rings is 2. The molecule has 0 unspecified atom stereocenters. The number of carbonyl (C=O) groups excluding carboxylic acids is 1. The van der Waals surface area contributed by atoms with E-state index in [2.05, 4.69) is 15.5 Å². The topological polar surface area (TPSA) is 111 Å². The Bertz CT molecular complexity index is 1030. The summed E-state index contributed by atoms with van der Waals surface area (Å²) in [6.45, 7) is 2.46. The van der Waals surface area contributed by atoms with Crippen molar-refractivity contribution < 1.29 is 22.4 Å². The predicted octanol–water partition coefficient (Wildman–Crippen LogP) is 2.94. The Balaban J connectivity index is 1.58. The highest BCUT2D eigenvalue weighted by molar-refractivity contribution is 7.91. The van der Waals surface area contributed by atoms with Gasteiger partial charge in [-0.3, -0.25) is 10.1 Å². The highest BCUT2D eigenvalue weighted by Gasteiger charge is 2.17. The van der Waals surface area contributed by atoms with Crippen molar-refractivity contribution in [2.24, 2.45) is 0 Å². The molecular weight excluding hydrogens is 382 g/mol. The molecule has 3 aromatic rings. The van der Waals surface area contributed by atoms with Crippen LogP contribution in [0.2, 0.25) is 0 Å². The van der Waals surface area contributed by atoms with Gasteiger partial charge in [-0.05, 0) is 43.3 Å². The molecule has 146 valence electrons. The number of nitrogens with zero attached hydrogens (tertiary/aromatic N) is 2. The quantitative estimate of drug-likeness (QED) is 0.618. The van der Waals surface area contributed by atoms with Gasteiger partial charge in [-0.25, -0.2) is 8.42 Å². The Hall–Kier alpha value is -3.20. The van der Waals surface area contributed by atoms with Crippen LogP contribution in [0.1, 0.15) is 13.3 Å². The fraction of sp³-hybridized carbons (Fsp3) is 0.211. The molecule has 0 saturated carbocycles. The molecule has 0 aliphatic carbocycles. The van der Waals surface area contributed by atoms with Crippen molar-refractivity contribution in [3.63, 3.8) is 0 Å². The third kappa shape index (κ3) is 4.95. The number of sulfone groups is 1. The SMILES string of the molecule is CCOc1ccc(-c2nnc(NC(=O)CCS(=O)(=O)c3ccccc3)o2)cc1. The molecule has 1 N–H and O–H groups in total. The number of hydrogen-bond donors (Lipinski definition) is 1. The van der Waals surface area contributed by atoms with Crippen LogP contribution in [0.15, 0.2) is 63.9 Å². The molecule has 3 rings (SSSR count). The van der Waals surface area contributed by atoms with Gasteiger partial charge >= 0.3 is 6.01 Å². The molecule has 0 saturated heterocycles. The lowest BCUT2D eigenvalue weighted by Crippen LogP contribution is -2.17. The zero-order chi connectivity index (χ0) is 20.0. The van der Waals surface area contributed by atoms with Gasteiger partial charge in [-0.15, -0.1) is 5.10 Å². The molecule has 1 aromatic heterocycles. The Labute approximate surface area is 162 Å². The number of ether oxygens (including phenoxy) is 1. The van der Waals surface area contributed by atoms with Crippen molar-refractivity contribution >= 4 is 21.8 Å². The molecule has 0 spiro atoms. The van der Waals surface area contributed by atoms with Gasteiger partial charge in [0.05, 0.1) is 17.3 Å². The Morgan fingerprint density at radius 1 is 1.07 bits per heavy atom. The molecule has 0 radical (unpaired) electrons. The molecular formula is C19H19N3O5S. The maximum absolute atomic E-state index is 12.2. The van der Waals surface area contributed by atoms with E-state index in [0.717, 1.165) is 5.75 Å². The van der Waals surface area contributed by atoms with Gasteiger partial charge in [0.2, 0.25) is 11.8 Å². The monoisotopic (exact) mass is 401 g/mol. The predicted molar refractivity (Wildman–Crippen MR) is 103 cm³/mol. The standard InChI is InChI=1S/C19H19N3O5S/c1-2-26-15-10-8-14(9-11-15)18-21-22-19(27-18)20-17(23)12-13-28(24,25)16-6-4-3-5-7-16/h3-11H,2,12-13H2,1H3,(H,20,22,23). The summed E-state index contributed by atoms with van der Waals surface area (Å²) in [5, 5.41) is 10.1. The first-order valence-electron chi connectivity index (χ1n) is 8.62. The minimum absolute atomic E-state index is 0.0917. The highest BCUT2D eigenvalue weighted by atomic mass is 32.2. The van der Waals surface area contributed by atoms with Gasteiger partial charge in [0.1, 0.15) is 5.75 Å². The summed E-state index contributed by atoms with van der Waals surface area (Å²) in [6.07, 6.45) is -0.224. The maximum atomic E-state index is 12.2. The number of nitrogens with one attached hydrogen (secondary N) is 1. The molecule has 28 heavy (non-hydrogen) atoms. The minimum atomic E-state index is -3.53. The molecule has 0 fully saturated rings. The summed E-state index contributed by atoms with van der Waals surface area (Å²) < 4.78 is 35.2. The van der Waals surface area contributed by atoms with Gasteiger partial charge in [0.15, 0.2) is 9.84 Å². The Kier molecular flexibility index (Phi) is 6.05. The van der Waals surface area contributed by atoms with Gasteiger partial charge in [0.25, 0.3) is 0 Å². The molecule has 9 heteroatoms. The minimum Gasteiger partial charge on any atom is -0.494 e. The average molecular weight is 401 g/mol. The van der Waals surface area contributed by atoms with E-state index in [1.165, 1.54) is 12.1 Å². The van der Waals surface area contributed by atoms with E-state index in [9.17, 15) is 13.2 Å². The molecule has 0 bridgehead atoms. The van der Waals surface area contributed by atoms with Crippen LogP contribution in [-0.2, 0) is 14.6 Å². The van der Waals surface area contributed by atoms with Crippen LogP contribution >= 0.6 is 0 Å². The second-order valence-electron chi connectivity index (χ2n) is 5.80. The molecule has 0 aliphatic heterocycles. The molecule has 8 nitrogen and oxygen atoms in total. The third-order valence-electron chi connectivity index (χ3n) is 3.78. The fourth-order valence-corrected chi connectivity index (χ4v) is 3.67. The van der Waals surface area contributed by atoms with Gasteiger partial charge < -0.3 is 9.15 Å². The lowest BCUT2D eigenvalue weighted by molar-refractivity contribution is -0.115. The van der Waals surface area contributed by atoms with Crippen LogP contribution in [0.3, 0.4) is 0 Å². The summed E-state index contributed by atoms with van der Waals surface area (Å²) in [5.74, 6) is 0.110. The lowest BCUT2D eigenvalue weighted by Gasteiger charge is -2.04. The summed E-state index contributed by atoms with van der Waals surface area (Å²) >= 11 is 0. The number of aromatic nitrogens is 2. The number of carbonyl (C=O) groups is 1. The number of rotatable bonds is 8. The van der Waals surface area contributed by atoms with Crippen molar-refractivity contribution in [2.75, 3.05) is 17.7 Å². The second kappa shape index (κ2) is 8.66. The van der Waals surface area contributed by atoms with Gasteiger partial charge in [-0.2, -0.15) is 0 Å². The summed E-state index contributed by atoms with van der Waals surface area (Å²) in [4.78, 5) is 12.2. The zero-order valence-electron chi connectivity index (χ0n) is 15.2. The van der Waals surface area contributed by atoms with Crippen LogP contribution in [0.4, 0.5) is 6.01 Å². The van der Waals surface area contributed by atoms with E-state index >= 15 is 0 Å². The Morgan fingerprint density at radius 3 is 2.46 bits per heavy atom. The summed E-state index contributed by atoms with van der Waals surface area (Å²) in [5.41, 5.74) is 0.670. The van der Waals surface area contributed by atoms with Gasteiger partial charge in [0, 0.05) is 12.0 Å². The van der Waals surface area contributed by atoms with Crippen molar-refractivity contribution in [1.29, 1.82) is 0 Å². The van der Waals surface area contributed by atoms with Crippen LogP contribution in [0, 0.1) is 0 Å². The second-order valence-corrected chi connectivity index (χ2v) is 7.91. The van der Waals surface area contributed by atoms with E-state index in [0.29, 0.717) is 12.2 Å². The smallest absolute Gasteiger partial charge is 0.322 e. The Morgan fingerprint density at radius 2 is 1.79 bits per heavy atom. The molecule has 0 atom stereocenters. The maximum Gasteiger partial charge on any atom is 0.322 e. The van der Waals surface area contributed by atoms with Crippen LogP contribution in [-0.4, -0.2) is 36.9 Å². The number of amides is 1. The largest absolute Gasteiger partial charge is 0.494 e. The molecule has 1 amide bonds. The first kappa shape index (κ1) is 19.6.